The highest BCUT2D eigenvalue weighted by Crippen LogP contribution is 2.28. The first-order valence-corrected chi connectivity index (χ1v) is 9.08. The molecule has 0 aromatic carbocycles. The van der Waals surface area contributed by atoms with Crippen molar-refractivity contribution in [3.8, 4) is 0 Å². The Hall–Kier alpha value is -0.330. The van der Waals surface area contributed by atoms with Crippen molar-refractivity contribution in [3.63, 3.8) is 0 Å². The van der Waals surface area contributed by atoms with Crippen LogP contribution in [0.1, 0.15) is 11.5 Å². The average Bonchev–Trinajstić information content (AvgIpc) is 2.91. The summed E-state index contributed by atoms with van der Waals surface area (Å²) in [5, 5.41) is 5.10. The lowest BCUT2D eigenvalue weighted by molar-refractivity contribution is 0.651. The van der Waals surface area contributed by atoms with Crippen LogP contribution in [0.3, 0.4) is 0 Å². The van der Waals surface area contributed by atoms with Crippen LogP contribution >= 0.6 is 35.1 Å². The third kappa shape index (κ3) is 2.50. The molecule has 4 nitrogen and oxygen atoms in total. The fourth-order valence-electron chi connectivity index (χ4n) is 2.52. The molecule has 2 aromatic rings. The molecule has 0 radical (unpaired) electrons. The van der Waals surface area contributed by atoms with Crippen LogP contribution in [0.5, 0.6) is 0 Å². The van der Waals surface area contributed by atoms with E-state index in [0.29, 0.717) is 11.1 Å². The summed E-state index contributed by atoms with van der Waals surface area (Å²) in [5.41, 5.74) is 3.07. The van der Waals surface area contributed by atoms with Gasteiger partial charge in [-0.1, -0.05) is 0 Å². The highest BCUT2D eigenvalue weighted by atomic mass is 35.5. The summed E-state index contributed by atoms with van der Waals surface area (Å²) in [4.78, 5) is 4.65. The van der Waals surface area contributed by atoms with Crippen LogP contribution in [0.15, 0.2) is 0 Å². The molecule has 7 heteroatoms. The first kappa shape index (κ1) is 13.6. The molecule has 0 N–H and O–H groups in total. The van der Waals surface area contributed by atoms with Crippen LogP contribution < -0.4 is 0 Å². The van der Waals surface area contributed by atoms with E-state index < -0.39 is 0 Å². The molecule has 2 aromatic heterocycles. The first-order chi connectivity index (χ1) is 9.20. The number of fused-ring (bicyclic) bond motifs is 1. The maximum atomic E-state index is 6.06. The largest absolute Gasteiger partial charge is 0.311 e. The van der Waals surface area contributed by atoms with E-state index in [1.807, 2.05) is 30.4 Å². The number of hydrogen-bond acceptors (Lipinski definition) is 4. The fraction of sp³-hybridized carbons (Fsp3) is 0.667. The second-order valence-corrected chi connectivity index (χ2v) is 7.55. The minimum atomic E-state index is 0.457. The number of nitrogens with zero attached hydrogens (tertiary/aromatic N) is 4. The Morgan fingerprint density at radius 2 is 2.26 bits per heavy atom. The molecular weight excluding hydrogens is 300 g/mol. The third-order valence-electron chi connectivity index (χ3n) is 3.36. The number of rotatable bonds is 3. The van der Waals surface area contributed by atoms with Crippen molar-refractivity contribution in [2.45, 2.75) is 24.6 Å². The van der Waals surface area contributed by atoms with E-state index in [9.17, 15) is 0 Å². The van der Waals surface area contributed by atoms with Crippen molar-refractivity contribution in [1.82, 2.24) is 19.3 Å². The highest BCUT2D eigenvalue weighted by Gasteiger charge is 2.21. The molecule has 0 bridgehead atoms. The van der Waals surface area contributed by atoms with Crippen molar-refractivity contribution in [2.75, 3.05) is 17.3 Å². The second-order valence-electron chi connectivity index (χ2n) is 4.72. The molecule has 3 rings (SSSR count). The highest BCUT2D eigenvalue weighted by molar-refractivity contribution is 8.06. The normalized spacial score (nSPS) is 20.3. The summed E-state index contributed by atoms with van der Waals surface area (Å²) in [6.45, 7) is 2.98. The monoisotopic (exact) mass is 316 g/mol. The zero-order valence-corrected chi connectivity index (χ0v) is 13.5. The van der Waals surface area contributed by atoms with Gasteiger partial charge in [-0.2, -0.15) is 28.6 Å². The third-order valence-corrected chi connectivity index (χ3v) is 6.43. The Balaban J connectivity index is 1.99. The number of alkyl halides is 1. The second kappa shape index (κ2) is 5.58. The smallest absolute Gasteiger partial charge is 0.158 e. The number of imidazole rings is 1. The van der Waals surface area contributed by atoms with E-state index in [2.05, 4.69) is 26.4 Å². The SMILES string of the molecule is Cc1nn(C)c2c1nc(CCl)n2CC1CSCCS1. The topological polar surface area (TPSA) is 35.6 Å². The van der Waals surface area contributed by atoms with Gasteiger partial charge >= 0.3 is 0 Å². The summed E-state index contributed by atoms with van der Waals surface area (Å²) in [6.07, 6.45) is 0. The predicted molar refractivity (Wildman–Crippen MR) is 84.4 cm³/mol. The summed E-state index contributed by atoms with van der Waals surface area (Å²) in [7, 11) is 1.98. The number of halogens is 1. The molecule has 1 saturated heterocycles. The van der Waals surface area contributed by atoms with E-state index in [0.717, 1.165) is 29.2 Å². The molecule has 19 heavy (non-hydrogen) atoms. The number of hydrogen-bond donors (Lipinski definition) is 0. The Morgan fingerprint density at radius 3 is 2.95 bits per heavy atom. The lowest BCUT2D eigenvalue weighted by atomic mass is 10.4. The van der Waals surface area contributed by atoms with Gasteiger partial charge in [0.05, 0.1) is 11.6 Å². The quantitative estimate of drug-likeness (QED) is 0.816. The van der Waals surface area contributed by atoms with Crippen molar-refractivity contribution in [1.29, 1.82) is 0 Å². The standard InChI is InChI=1S/C12H17ClN4S2/c1-8-11-12(16(2)15-8)17(10(5-13)14-11)6-9-7-18-3-4-19-9/h9H,3-7H2,1-2H3. The molecule has 1 fully saturated rings. The molecule has 0 aliphatic carbocycles. The first-order valence-electron chi connectivity index (χ1n) is 6.34. The molecule has 0 saturated carbocycles. The van der Waals surface area contributed by atoms with Crippen LogP contribution in [-0.4, -0.2) is 41.8 Å². The maximum Gasteiger partial charge on any atom is 0.158 e. The van der Waals surface area contributed by atoms with Gasteiger partial charge in [-0.25, -0.2) is 4.98 Å². The summed E-state index contributed by atoms with van der Waals surface area (Å²) in [6, 6.07) is 0. The van der Waals surface area contributed by atoms with Gasteiger partial charge in [0.2, 0.25) is 0 Å². The van der Waals surface area contributed by atoms with Gasteiger partial charge in [-0.3, -0.25) is 4.68 Å². The van der Waals surface area contributed by atoms with Gasteiger partial charge in [0.1, 0.15) is 11.3 Å². The average molecular weight is 317 g/mol. The van der Waals surface area contributed by atoms with Gasteiger partial charge < -0.3 is 4.57 Å². The summed E-state index contributed by atoms with van der Waals surface area (Å²) < 4.78 is 4.18. The van der Waals surface area contributed by atoms with E-state index in [4.69, 9.17) is 11.6 Å². The maximum absolute atomic E-state index is 6.06. The molecule has 1 aliphatic heterocycles. The van der Waals surface area contributed by atoms with Crippen molar-refractivity contribution < 1.29 is 0 Å². The predicted octanol–water partition coefficient (Wildman–Crippen LogP) is 2.67. The van der Waals surface area contributed by atoms with Gasteiger partial charge in [0, 0.05) is 36.1 Å². The molecule has 0 amide bonds. The Morgan fingerprint density at radius 1 is 1.42 bits per heavy atom. The molecule has 1 atom stereocenters. The summed E-state index contributed by atoms with van der Waals surface area (Å²) >= 11 is 10.2. The van der Waals surface area contributed by atoms with E-state index >= 15 is 0 Å². The molecule has 0 spiro atoms. The van der Waals surface area contributed by atoms with Crippen LogP contribution in [-0.2, 0) is 19.5 Å². The van der Waals surface area contributed by atoms with Crippen molar-refractivity contribution in [2.24, 2.45) is 7.05 Å². The van der Waals surface area contributed by atoms with Gasteiger partial charge in [0.25, 0.3) is 0 Å². The minimum absolute atomic E-state index is 0.457. The molecular formula is C12H17ClN4S2. The van der Waals surface area contributed by atoms with Crippen molar-refractivity contribution >= 4 is 46.3 Å². The number of aryl methyl sites for hydroxylation is 2. The zero-order valence-electron chi connectivity index (χ0n) is 11.1. The molecule has 3 heterocycles. The fourth-order valence-corrected chi connectivity index (χ4v) is 5.38. The van der Waals surface area contributed by atoms with Crippen LogP contribution in [0.2, 0.25) is 0 Å². The van der Waals surface area contributed by atoms with Crippen LogP contribution in [0.4, 0.5) is 0 Å². The minimum Gasteiger partial charge on any atom is -0.311 e. The van der Waals surface area contributed by atoms with Crippen LogP contribution in [0.25, 0.3) is 11.2 Å². The number of thioether (sulfide) groups is 2. The lowest BCUT2D eigenvalue weighted by Crippen LogP contribution is -2.22. The van der Waals surface area contributed by atoms with E-state index in [-0.39, 0.29) is 0 Å². The van der Waals surface area contributed by atoms with E-state index in [1.54, 1.807) is 0 Å². The Labute approximate surface area is 126 Å². The zero-order chi connectivity index (χ0) is 13.4. The van der Waals surface area contributed by atoms with E-state index in [1.165, 1.54) is 17.3 Å². The van der Waals surface area contributed by atoms with Gasteiger partial charge in [-0.05, 0) is 6.92 Å². The van der Waals surface area contributed by atoms with Gasteiger partial charge in [0.15, 0.2) is 5.65 Å². The lowest BCUT2D eigenvalue weighted by Gasteiger charge is -2.22. The van der Waals surface area contributed by atoms with Crippen LogP contribution in [0, 0.1) is 6.92 Å². The Bertz CT molecular complexity index is 586. The summed E-state index contributed by atoms with van der Waals surface area (Å²) in [5.74, 6) is 5.15. The molecule has 1 unspecified atom stereocenters. The number of aromatic nitrogens is 4. The van der Waals surface area contributed by atoms with Crippen molar-refractivity contribution in [3.05, 3.63) is 11.5 Å². The molecule has 1 aliphatic rings. The Kier molecular flexibility index (Phi) is 4.01. The molecule has 104 valence electrons. The van der Waals surface area contributed by atoms with Gasteiger partial charge in [-0.15, -0.1) is 11.6 Å².